The van der Waals surface area contributed by atoms with E-state index in [1.807, 2.05) is 0 Å². The third-order valence-corrected chi connectivity index (χ3v) is 1.79. The van der Waals surface area contributed by atoms with Crippen LogP contribution in [-0.2, 0) is 0 Å². The lowest BCUT2D eigenvalue weighted by Gasteiger charge is -1.96. The molecule has 0 aromatic carbocycles. The molecule has 3 heteroatoms. The average Bonchev–Trinajstić information content (AvgIpc) is 1.61. The second-order valence-electron chi connectivity index (χ2n) is 1.71. The van der Waals surface area contributed by atoms with E-state index >= 15 is 0 Å². The summed E-state index contributed by atoms with van der Waals surface area (Å²) in [4.78, 5) is 0. The Morgan fingerprint density at radius 1 is 1.50 bits per heavy atom. The van der Waals surface area contributed by atoms with Gasteiger partial charge in [-0.2, -0.15) is 5.26 Å². The van der Waals surface area contributed by atoms with Crippen molar-refractivity contribution in [1.82, 2.24) is 0 Å². The lowest BCUT2D eigenvalue weighted by molar-refractivity contribution is 1.23. The Morgan fingerprint density at radius 3 is 2.12 bits per heavy atom. The molecular weight excluding hydrogens is 232 g/mol. The van der Waals surface area contributed by atoms with Crippen LogP contribution in [0, 0.1) is 11.3 Å². The molecular formula is C5H11INP. The minimum atomic E-state index is 0. The molecule has 0 aromatic heterocycles. The van der Waals surface area contributed by atoms with Gasteiger partial charge in [0.05, 0.1) is 6.07 Å². The summed E-state index contributed by atoms with van der Waals surface area (Å²) in [5.41, 5.74) is 0. The lowest BCUT2D eigenvalue weighted by Crippen LogP contribution is -1.75. The largest absolute Gasteiger partial charge is 0.198 e. The van der Waals surface area contributed by atoms with E-state index in [0.29, 0.717) is 0 Å². The Labute approximate surface area is 69.2 Å². The first-order valence-corrected chi connectivity index (χ1v) is 4.71. The highest BCUT2D eigenvalue weighted by Gasteiger charge is 1.87. The highest BCUT2D eigenvalue weighted by atomic mass is 127. The molecule has 0 aromatic rings. The third-order valence-electron chi connectivity index (χ3n) is 0.671. The topological polar surface area (TPSA) is 23.8 Å². The van der Waals surface area contributed by atoms with Crippen molar-refractivity contribution in [3.8, 4) is 6.07 Å². The molecule has 0 saturated carbocycles. The summed E-state index contributed by atoms with van der Waals surface area (Å²) in [5.74, 6) is 0. The molecule has 0 fully saturated rings. The first kappa shape index (κ1) is 11.4. The van der Waals surface area contributed by atoms with Gasteiger partial charge >= 0.3 is 0 Å². The highest BCUT2D eigenvalue weighted by molar-refractivity contribution is 14.0. The minimum Gasteiger partial charge on any atom is -0.198 e. The normalized spacial score (nSPS) is 7.75. The van der Waals surface area contributed by atoms with E-state index in [9.17, 15) is 0 Å². The number of hydrogen-bond acceptors (Lipinski definition) is 1. The van der Waals surface area contributed by atoms with Crippen LogP contribution < -0.4 is 0 Å². The van der Waals surface area contributed by atoms with E-state index in [-0.39, 0.29) is 31.9 Å². The molecule has 0 heterocycles. The molecule has 1 nitrogen and oxygen atoms in total. The van der Waals surface area contributed by atoms with Crippen LogP contribution in [0.15, 0.2) is 0 Å². The highest BCUT2D eigenvalue weighted by Crippen LogP contribution is 2.24. The molecule has 0 aliphatic carbocycles. The van der Waals surface area contributed by atoms with Crippen molar-refractivity contribution in [2.75, 3.05) is 19.5 Å². The maximum atomic E-state index is 8.08. The van der Waals surface area contributed by atoms with Crippen LogP contribution in [0.4, 0.5) is 0 Å². The number of nitrogens with zero attached hydrogens (tertiary/aromatic N) is 1. The summed E-state index contributed by atoms with van der Waals surface area (Å²) in [6.45, 7) is 4.37. The van der Waals surface area contributed by atoms with Gasteiger partial charge in [0.2, 0.25) is 0 Å². The number of nitriles is 1. The summed E-state index contributed by atoms with van der Waals surface area (Å²) >= 11 is 0. The standard InChI is InChI=1S/C5H10NP.HI/c1-7(2)5-3-4-6;/h3,5H2,1-2H3;1H. The van der Waals surface area contributed by atoms with E-state index < -0.39 is 0 Å². The summed E-state index contributed by atoms with van der Waals surface area (Å²) in [7, 11) is 0.171. The fourth-order valence-electron chi connectivity index (χ4n) is 0.274. The van der Waals surface area contributed by atoms with E-state index in [4.69, 9.17) is 5.26 Å². The van der Waals surface area contributed by atoms with Crippen molar-refractivity contribution in [3.63, 3.8) is 0 Å². The van der Waals surface area contributed by atoms with Crippen molar-refractivity contribution < 1.29 is 0 Å². The van der Waals surface area contributed by atoms with Crippen molar-refractivity contribution in [1.29, 1.82) is 5.26 Å². The lowest BCUT2D eigenvalue weighted by atomic mass is 10.6. The molecule has 48 valence electrons. The second-order valence-corrected chi connectivity index (χ2v) is 4.32. The van der Waals surface area contributed by atoms with Crippen LogP contribution in [0.2, 0.25) is 0 Å². The molecule has 0 radical (unpaired) electrons. The van der Waals surface area contributed by atoms with Crippen molar-refractivity contribution in [2.45, 2.75) is 6.42 Å². The zero-order chi connectivity index (χ0) is 5.70. The molecule has 0 aliphatic rings. The Morgan fingerprint density at radius 2 is 2.00 bits per heavy atom. The smallest absolute Gasteiger partial charge is 0.0625 e. The van der Waals surface area contributed by atoms with Crippen LogP contribution in [0.25, 0.3) is 0 Å². The first-order chi connectivity index (χ1) is 3.27. The van der Waals surface area contributed by atoms with Crippen LogP contribution in [-0.4, -0.2) is 19.5 Å². The van der Waals surface area contributed by atoms with Gasteiger partial charge in [-0.3, -0.25) is 0 Å². The molecule has 0 aliphatic heterocycles. The van der Waals surface area contributed by atoms with Crippen LogP contribution in [0.1, 0.15) is 6.42 Å². The van der Waals surface area contributed by atoms with E-state index in [1.165, 1.54) is 0 Å². The van der Waals surface area contributed by atoms with Gasteiger partial charge in [0, 0.05) is 6.42 Å². The molecule has 0 rings (SSSR count). The average molecular weight is 243 g/mol. The zero-order valence-corrected chi connectivity index (χ0v) is 8.44. The Kier molecular flexibility index (Phi) is 10.9. The van der Waals surface area contributed by atoms with Gasteiger partial charge < -0.3 is 0 Å². The molecule has 0 spiro atoms. The zero-order valence-electron chi connectivity index (χ0n) is 5.22. The SMILES string of the molecule is CP(C)CCC#N.I. The summed E-state index contributed by atoms with van der Waals surface area (Å²) in [5, 5.41) is 8.08. The monoisotopic (exact) mass is 243 g/mol. The predicted molar refractivity (Wildman–Crippen MR) is 49.3 cm³/mol. The van der Waals surface area contributed by atoms with Crippen LogP contribution in [0.3, 0.4) is 0 Å². The fraction of sp³-hybridized carbons (Fsp3) is 0.800. The van der Waals surface area contributed by atoms with Gasteiger partial charge in [-0.1, -0.05) is 0 Å². The van der Waals surface area contributed by atoms with Crippen molar-refractivity contribution in [3.05, 3.63) is 0 Å². The number of halogens is 1. The van der Waals surface area contributed by atoms with E-state index in [1.54, 1.807) is 0 Å². The summed E-state index contributed by atoms with van der Waals surface area (Å²) < 4.78 is 0. The van der Waals surface area contributed by atoms with Crippen molar-refractivity contribution >= 4 is 31.9 Å². The maximum Gasteiger partial charge on any atom is 0.0625 e. The van der Waals surface area contributed by atoms with Crippen LogP contribution >= 0.6 is 31.9 Å². The van der Waals surface area contributed by atoms with Gasteiger partial charge in [-0.25, -0.2) is 0 Å². The molecule has 0 N–H and O–H groups in total. The Hall–Kier alpha value is 0.650. The Balaban J connectivity index is 0. The first-order valence-electron chi connectivity index (χ1n) is 2.29. The third kappa shape index (κ3) is 9.82. The number of hydrogen-bond donors (Lipinski definition) is 0. The van der Waals surface area contributed by atoms with Gasteiger partial charge in [-0.05, 0) is 19.5 Å². The molecule has 0 atom stereocenters. The van der Waals surface area contributed by atoms with Gasteiger partial charge in [0.25, 0.3) is 0 Å². The predicted octanol–water partition coefficient (Wildman–Crippen LogP) is 2.26. The van der Waals surface area contributed by atoms with Gasteiger partial charge in [-0.15, -0.1) is 31.9 Å². The van der Waals surface area contributed by atoms with E-state index in [2.05, 4.69) is 19.4 Å². The summed E-state index contributed by atoms with van der Waals surface area (Å²) in [6.07, 6.45) is 1.84. The quantitative estimate of drug-likeness (QED) is 0.539. The molecule has 0 saturated heterocycles. The van der Waals surface area contributed by atoms with E-state index in [0.717, 1.165) is 12.6 Å². The van der Waals surface area contributed by atoms with Gasteiger partial charge in [0.15, 0.2) is 0 Å². The van der Waals surface area contributed by atoms with Crippen LogP contribution in [0.5, 0.6) is 0 Å². The Bertz CT molecular complexity index is 77.0. The fourth-order valence-corrected chi connectivity index (χ4v) is 0.821. The summed E-state index contributed by atoms with van der Waals surface area (Å²) in [6, 6.07) is 2.12. The second kappa shape index (κ2) is 7.65. The molecule has 8 heavy (non-hydrogen) atoms. The molecule has 0 amide bonds. The number of rotatable bonds is 2. The van der Waals surface area contributed by atoms with Crippen molar-refractivity contribution in [2.24, 2.45) is 0 Å². The molecule has 0 bridgehead atoms. The van der Waals surface area contributed by atoms with Gasteiger partial charge in [0.1, 0.15) is 0 Å². The molecule has 0 unspecified atom stereocenters. The maximum absolute atomic E-state index is 8.08. The minimum absolute atomic E-state index is 0.